The van der Waals surface area contributed by atoms with Gasteiger partial charge in [0.2, 0.25) is 0 Å². The van der Waals surface area contributed by atoms with Gasteiger partial charge in [0.05, 0.1) is 0 Å². The van der Waals surface area contributed by atoms with E-state index in [9.17, 15) is 0 Å². The van der Waals surface area contributed by atoms with E-state index in [1.54, 1.807) is 0 Å². The molecule has 0 aliphatic heterocycles. The lowest BCUT2D eigenvalue weighted by molar-refractivity contribution is 0.993. The van der Waals surface area contributed by atoms with Gasteiger partial charge in [-0.3, -0.25) is 0 Å². The molecule has 0 bridgehead atoms. The van der Waals surface area contributed by atoms with E-state index in [0.29, 0.717) is 0 Å². The van der Waals surface area contributed by atoms with Gasteiger partial charge in [-0.05, 0) is 50.7 Å². The lowest BCUT2D eigenvalue weighted by atomic mass is 10.1. The minimum absolute atomic E-state index is 1.10. The van der Waals surface area contributed by atoms with Crippen LogP contribution in [0.4, 0.5) is 0 Å². The molecule has 2 aromatic carbocycles. The molecule has 0 unspecified atom stereocenters. The van der Waals surface area contributed by atoms with Crippen LogP contribution in [0.2, 0.25) is 0 Å². The van der Waals surface area contributed by atoms with Crippen LogP contribution in [0.5, 0.6) is 0 Å². The van der Waals surface area contributed by atoms with Gasteiger partial charge in [0.1, 0.15) is 0 Å². The average molecular weight is 290 g/mol. The molecule has 0 aliphatic rings. The Morgan fingerprint density at radius 2 is 1.32 bits per heavy atom. The molecule has 0 saturated heterocycles. The Kier molecular flexibility index (Phi) is 6.70. The molecule has 0 nitrogen and oxygen atoms in total. The zero-order valence-corrected chi connectivity index (χ0v) is 13.8. The second kappa shape index (κ2) is 9.04. The van der Waals surface area contributed by atoms with Gasteiger partial charge in [-0.2, -0.15) is 0 Å². The van der Waals surface area contributed by atoms with Crippen LogP contribution < -0.4 is 0 Å². The van der Waals surface area contributed by atoms with E-state index in [-0.39, 0.29) is 0 Å². The van der Waals surface area contributed by atoms with Gasteiger partial charge in [-0.1, -0.05) is 84.0 Å². The predicted molar refractivity (Wildman–Crippen MR) is 97.3 cm³/mol. The van der Waals surface area contributed by atoms with Crippen LogP contribution in [0.15, 0.2) is 72.8 Å². The molecule has 0 aliphatic carbocycles. The molecule has 0 fully saturated rings. The van der Waals surface area contributed by atoms with E-state index in [4.69, 9.17) is 0 Å². The molecule has 0 N–H and O–H groups in total. The zero-order valence-electron chi connectivity index (χ0n) is 13.8. The molecule has 0 amide bonds. The molecule has 0 aromatic heterocycles. The van der Waals surface area contributed by atoms with Crippen LogP contribution in [0.1, 0.15) is 35.1 Å². The van der Waals surface area contributed by atoms with E-state index in [0.717, 1.165) is 25.7 Å². The summed E-state index contributed by atoms with van der Waals surface area (Å²) in [7, 11) is 0. The van der Waals surface area contributed by atoms with Crippen molar-refractivity contribution in [2.75, 3.05) is 0 Å². The summed E-state index contributed by atoms with van der Waals surface area (Å²) in [6.45, 7) is 4.28. The van der Waals surface area contributed by atoms with Crippen molar-refractivity contribution in [2.24, 2.45) is 0 Å². The van der Waals surface area contributed by atoms with Crippen molar-refractivity contribution in [1.29, 1.82) is 0 Å². The third-order valence-corrected chi connectivity index (χ3v) is 3.79. The lowest BCUT2D eigenvalue weighted by Crippen LogP contribution is -1.83. The first kappa shape index (κ1) is 16.3. The fraction of sp³-hybridized carbons (Fsp3) is 0.273. The van der Waals surface area contributed by atoms with E-state index >= 15 is 0 Å². The Morgan fingerprint density at radius 1 is 0.682 bits per heavy atom. The van der Waals surface area contributed by atoms with Gasteiger partial charge in [0.15, 0.2) is 0 Å². The SMILES string of the molecule is Cc1ccc(CCC=CC=CCCc2cccc(C)c2)cc1. The summed E-state index contributed by atoms with van der Waals surface area (Å²) in [5.41, 5.74) is 5.51. The van der Waals surface area contributed by atoms with Crippen molar-refractivity contribution >= 4 is 0 Å². The molecule has 2 aromatic rings. The largest absolute Gasteiger partial charge is 0.0842 e. The lowest BCUT2D eigenvalue weighted by Gasteiger charge is -1.99. The minimum atomic E-state index is 1.10. The first-order valence-corrected chi connectivity index (χ1v) is 8.17. The van der Waals surface area contributed by atoms with Gasteiger partial charge in [0.25, 0.3) is 0 Å². The second-order valence-electron chi connectivity index (χ2n) is 5.91. The van der Waals surface area contributed by atoms with Crippen LogP contribution in [0.3, 0.4) is 0 Å². The molecule has 0 heteroatoms. The second-order valence-corrected chi connectivity index (χ2v) is 5.91. The van der Waals surface area contributed by atoms with Crippen LogP contribution in [-0.2, 0) is 12.8 Å². The Balaban J connectivity index is 1.63. The van der Waals surface area contributed by atoms with Crippen LogP contribution in [-0.4, -0.2) is 0 Å². The van der Waals surface area contributed by atoms with Gasteiger partial charge in [0, 0.05) is 0 Å². The molecular formula is C22H26. The van der Waals surface area contributed by atoms with Crippen molar-refractivity contribution in [2.45, 2.75) is 39.5 Å². The number of aryl methyl sites for hydroxylation is 4. The van der Waals surface area contributed by atoms with Crippen molar-refractivity contribution in [3.05, 3.63) is 95.1 Å². The molecule has 0 heterocycles. The third kappa shape index (κ3) is 6.13. The molecular weight excluding hydrogens is 264 g/mol. The van der Waals surface area contributed by atoms with E-state index in [2.05, 4.69) is 86.7 Å². The molecule has 0 radical (unpaired) electrons. The normalized spacial score (nSPS) is 11.5. The summed E-state index contributed by atoms with van der Waals surface area (Å²) >= 11 is 0. The predicted octanol–water partition coefficient (Wildman–Crippen LogP) is 5.98. The highest BCUT2D eigenvalue weighted by atomic mass is 14.0. The molecule has 0 atom stereocenters. The quantitative estimate of drug-likeness (QED) is 0.550. The molecule has 2 rings (SSSR count). The zero-order chi connectivity index (χ0) is 15.6. The first-order chi connectivity index (χ1) is 10.7. The summed E-state index contributed by atoms with van der Waals surface area (Å²) in [6.07, 6.45) is 13.3. The summed E-state index contributed by atoms with van der Waals surface area (Å²) in [6, 6.07) is 17.6. The first-order valence-electron chi connectivity index (χ1n) is 8.17. The monoisotopic (exact) mass is 290 g/mol. The van der Waals surface area contributed by atoms with Gasteiger partial charge in [-0.15, -0.1) is 0 Å². The highest BCUT2D eigenvalue weighted by Crippen LogP contribution is 2.08. The van der Waals surface area contributed by atoms with E-state index in [1.807, 2.05) is 0 Å². The number of allylic oxidation sites excluding steroid dienone is 4. The van der Waals surface area contributed by atoms with Crippen molar-refractivity contribution < 1.29 is 0 Å². The van der Waals surface area contributed by atoms with E-state index < -0.39 is 0 Å². The Bertz CT molecular complexity index is 615. The third-order valence-electron chi connectivity index (χ3n) is 3.79. The van der Waals surface area contributed by atoms with Crippen LogP contribution in [0.25, 0.3) is 0 Å². The number of benzene rings is 2. The number of hydrogen-bond donors (Lipinski definition) is 0. The summed E-state index contributed by atoms with van der Waals surface area (Å²) < 4.78 is 0. The molecule has 114 valence electrons. The van der Waals surface area contributed by atoms with Gasteiger partial charge in [-0.25, -0.2) is 0 Å². The van der Waals surface area contributed by atoms with Gasteiger partial charge < -0.3 is 0 Å². The molecule has 0 saturated carbocycles. The average Bonchev–Trinajstić information content (AvgIpc) is 2.52. The standard InChI is InChI=1S/C22H26/c1-19-14-16-21(17-15-19)11-7-5-3-4-6-8-12-22-13-9-10-20(2)18-22/h3-6,9-10,13-18H,7-8,11-12H2,1-2H3. The maximum atomic E-state index is 2.27. The Hall–Kier alpha value is -2.08. The van der Waals surface area contributed by atoms with Crippen molar-refractivity contribution in [1.82, 2.24) is 0 Å². The maximum absolute atomic E-state index is 2.27. The Labute approximate surface area is 135 Å². The fourth-order valence-corrected chi connectivity index (χ4v) is 2.47. The van der Waals surface area contributed by atoms with Crippen LogP contribution >= 0.6 is 0 Å². The highest BCUT2D eigenvalue weighted by molar-refractivity contribution is 5.23. The van der Waals surface area contributed by atoms with E-state index in [1.165, 1.54) is 22.3 Å². The highest BCUT2D eigenvalue weighted by Gasteiger charge is 1.91. The molecule has 22 heavy (non-hydrogen) atoms. The number of rotatable bonds is 7. The van der Waals surface area contributed by atoms with Crippen molar-refractivity contribution in [3.8, 4) is 0 Å². The van der Waals surface area contributed by atoms with Crippen molar-refractivity contribution in [3.63, 3.8) is 0 Å². The number of hydrogen-bond acceptors (Lipinski definition) is 0. The maximum Gasteiger partial charge on any atom is -0.0244 e. The summed E-state index contributed by atoms with van der Waals surface area (Å²) in [5.74, 6) is 0. The topological polar surface area (TPSA) is 0 Å². The Morgan fingerprint density at radius 3 is 1.95 bits per heavy atom. The van der Waals surface area contributed by atoms with Gasteiger partial charge >= 0.3 is 0 Å². The molecule has 0 spiro atoms. The summed E-state index contributed by atoms with van der Waals surface area (Å²) in [4.78, 5) is 0. The van der Waals surface area contributed by atoms with Crippen LogP contribution in [0, 0.1) is 13.8 Å². The fourth-order valence-electron chi connectivity index (χ4n) is 2.47. The smallest absolute Gasteiger partial charge is 0.0244 e. The minimum Gasteiger partial charge on any atom is -0.0842 e. The summed E-state index contributed by atoms with van der Waals surface area (Å²) in [5, 5.41) is 0.